The first-order chi connectivity index (χ1) is 14.0. The second kappa shape index (κ2) is 8.19. The largest absolute Gasteiger partial charge is 0.416 e. The number of piperazine rings is 1. The molecule has 1 saturated heterocycles. The summed E-state index contributed by atoms with van der Waals surface area (Å²) in [5.74, 6) is -2.71. The van der Waals surface area contributed by atoms with Crippen molar-refractivity contribution in [3.8, 4) is 0 Å². The van der Waals surface area contributed by atoms with Crippen LogP contribution >= 0.6 is 11.6 Å². The summed E-state index contributed by atoms with van der Waals surface area (Å²) < 4.78 is 52.5. The maximum absolute atomic E-state index is 14.3. The van der Waals surface area contributed by atoms with Crippen molar-refractivity contribution < 1.29 is 32.3 Å². The quantitative estimate of drug-likeness (QED) is 0.734. The second-order valence-corrected chi connectivity index (χ2v) is 7.14. The van der Waals surface area contributed by atoms with Crippen LogP contribution in [0.1, 0.15) is 18.1 Å². The van der Waals surface area contributed by atoms with Crippen molar-refractivity contribution in [2.75, 3.05) is 11.5 Å². The third kappa shape index (κ3) is 4.10. The Labute approximate surface area is 173 Å². The monoisotopic (exact) mass is 445 g/mol. The molecule has 6 nitrogen and oxygen atoms in total. The molecule has 1 aliphatic rings. The molecule has 1 unspecified atom stereocenters. The van der Waals surface area contributed by atoms with Gasteiger partial charge in [-0.25, -0.2) is 9.37 Å². The van der Waals surface area contributed by atoms with Crippen LogP contribution in [0.5, 0.6) is 0 Å². The molecule has 0 radical (unpaired) electrons. The highest BCUT2D eigenvalue weighted by atomic mass is 35.5. The fourth-order valence-electron chi connectivity index (χ4n) is 3.22. The van der Waals surface area contributed by atoms with E-state index in [4.69, 9.17) is 11.6 Å². The van der Waals surface area contributed by atoms with Gasteiger partial charge in [-0.15, -0.1) is 0 Å². The molecule has 0 bridgehead atoms. The summed E-state index contributed by atoms with van der Waals surface area (Å²) in [7, 11) is 0. The van der Waals surface area contributed by atoms with E-state index in [1.54, 1.807) is 0 Å². The van der Waals surface area contributed by atoms with Gasteiger partial charge in [-0.3, -0.25) is 14.5 Å². The number of alkyl halides is 3. The van der Waals surface area contributed by atoms with Crippen LogP contribution in [0.4, 0.5) is 23.4 Å². The van der Waals surface area contributed by atoms with E-state index in [9.17, 15) is 32.3 Å². The minimum atomic E-state index is -4.51. The molecule has 2 amide bonds. The van der Waals surface area contributed by atoms with Crippen LogP contribution in [0.15, 0.2) is 36.5 Å². The number of benzene rings is 1. The van der Waals surface area contributed by atoms with Gasteiger partial charge in [-0.1, -0.05) is 23.7 Å². The molecule has 1 N–H and O–H groups in total. The number of hydrogen-bond donors (Lipinski definition) is 1. The molecular formula is C19H16ClF4N3O3. The van der Waals surface area contributed by atoms with Gasteiger partial charge in [0, 0.05) is 12.7 Å². The number of halogens is 5. The van der Waals surface area contributed by atoms with Crippen LogP contribution in [0.2, 0.25) is 5.02 Å². The zero-order valence-corrected chi connectivity index (χ0v) is 16.3. The van der Waals surface area contributed by atoms with E-state index >= 15 is 0 Å². The number of carbonyl (C=O) groups excluding carboxylic acids is 2. The molecule has 1 aromatic carbocycles. The Bertz CT molecular complexity index is 968. The van der Waals surface area contributed by atoms with E-state index in [-0.39, 0.29) is 11.6 Å². The van der Waals surface area contributed by atoms with Gasteiger partial charge < -0.3 is 10.0 Å². The summed E-state index contributed by atoms with van der Waals surface area (Å²) in [4.78, 5) is 31.5. The zero-order valence-electron chi connectivity index (χ0n) is 15.5. The van der Waals surface area contributed by atoms with Gasteiger partial charge in [-0.2, -0.15) is 13.2 Å². The van der Waals surface area contributed by atoms with Gasteiger partial charge in [0.2, 0.25) is 5.91 Å². The van der Waals surface area contributed by atoms with Gasteiger partial charge >= 0.3 is 6.18 Å². The van der Waals surface area contributed by atoms with E-state index < -0.39 is 53.9 Å². The first-order valence-corrected chi connectivity index (χ1v) is 9.14. The Balaban J connectivity index is 1.89. The molecule has 2 heterocycles. The normalized spacial score (nSPS) is 20.1. The number of pyridine rings is 1. The van der Waals surface area contributed by atoms with E-state index in [0.717, 1.165) is 34.2 Å². The number of amides is 2. The number of rotatable bonds is 4. The van der Waals surface area contributed by atoms with Gasteiger partial charge in [0.15, 0.2) is 11.6 Å². The Morgan fingerprint density at radius 2 is 1.80 bits per heavy atom. The second-order valence-electron chi connectivity index (χ2n) is 6.70. The van der Waals surface area contributed by atoms with Crippen molar-refractivity contribution in [1.82, 2.24) is 9.88 Å². The van der Waals surface area contributed by atoms with Crippen LogP contribution in [-0.4, -0.2) is 45.5 Å². The van der Waals surface area contributed by atoms with Gasteiger partial charge in [0.25, 0.3) is 5.91 Å². The molecule has 3 rings (SSSR count). The molecule has 160 valence electrons. The Kier molecular flexibility index (Phi) is 6.00. The summed E-state index contributed by atoms with van der Waals surface area (Å²) in [5.41, 5.74) is -0.520. The predicted molar refractivity (Wildman–Crippen MR) is 99.0 cm³/mol. The van der Waals surface area contributed by atoms with Gasteiger partial charge in [-0.05, 0) is 30.7 Å². The number of aliphatic hydroxyl groups is 1. The summed E-state index contributed by atoms with van der Waals surface area (Å²) >= 11 is 5.67. The Morgan fingerprint density at radius 1 is 1.17 bits per heavy atom. The van der Waals surface area contributed by atoms with Crippen molar-refractivity contribution >= 4 is 29.2 Å². The third-order valence-electron chi connectivity index (χ3n) is 4.75. The van der Waals surface area contributed by atoms with Gasteiger partial charge in [0.05, 0.1) is 17.2 Å². The molecule has 0 spiro atoms. The lowest BCUT2D eigenvalue weighted by Crippen LogP contribution is -2.65. The zero-order chi connectivity index (χ0) is 22.2. The SMILES string of the molecule is C[C@@H]1C(=O)N(Cc2ccc(C(F)(F)F)cc2)C(CO)C(=O)N1c1ncc(Cl)cc1F. The van der Waals surface area contributed by atoms with E-state index in [1.807, 2.05) is 0 Å². The lowest BCUT2D eigenvalue weighted by molar-refractivity contribution is -0.148. The minimum absolute atomic E-state index is 0.00215. The van der Waals surface area contributed by atoms with E-state index in [0.29, 0.717) is 5.56 Å². The summed E-state index contributed by atoms with van der Waals surface area (Å²) in [6, 6.07) is 2.53. The lowest BCUT2D eigenvalue weighted by atomic mass is 10.0. The maximum Gasteiger partial charge on any atom is 0.416 e. The molecular weight excluding hydrogens is 430 g/mol. The van der Waals surface area contributed by atoms with Crippen LogP contribution < -0.4 is 4.90 Å². The van der Waals surface area contributed by atoms with Crippen LogP contribution in [0, 0.1) is 5.82 Å². The average Bonchev–Trinajstić information content (AvgIpc) is 2.67. The number of anilines is 1. The van der Waals surface area contributed by atoms with Crippen molar-refractivity contribution in [3.63, 3.8) is 0 Å². The summed E-state index contributed by atoms with van der Waals surface area (Å²) in [6.07, 6.45) is -3.39. The van der Waals surface area contributed by atoms with Crippen molar-refractivity contribution in [2.45, 2.75) is 31.7 Å². The van der Waals surface area contributed by atoms with Crippen molar-refractivity contribution in [1.29, 1.82) is 0 Å². The van der Waals surface area contributed by atoms with Crippen LogP contribution in [0.3, 0.4) is 0 Å². The number of hydrogen-bond acceptors (Lipinski definition) is 4. The predicted octanol–water partition coefficient (Wildman–Crippen LogP) is 3.02. The highest BCUT2D eigenvalue weighted by Gasteiger charge is 2.45. The highest BCUT2D eigenvalue weighted by Crippen LogP contribution is 2.31. The van der Waals surface area contributed by atoms with Crippen LogP contribution in [-0.2, 0) is 22.3 Å². The molecule has 2 atom stereocenters. The first kappa shape index (κ1) is 22.0. The lowest BCUT2D eigenvalue weighted by Gasteiger charge is -2.42. The highest BCUT2D eigenvalue weighted by molar-refractivity contribution is 6.30. The molecule has 2 aromatic rings. The average molecular weight is 446 g/mol. The smallest absolute Gasteiger partial charge is 0.394 e. The summed E-state index contributed by atoms with van der Waals surface area (Å²) in [5, 5.41) is 9.72. The molecule has 1 aromatic heterocycles. The summed E-state index contributed by atoms with van der Waals surface area (Å²) in [6.45, 7) is 0.398. The number of aromatic nitrogens is 1. The van der Waals surface area contributed by atoms with E-state index in [2.05, 4.69) is 4.98 Å². The number of nitrogens with zero attached hydrogens (tertiary/aromatic N) is 3. The maximum atomic E-state index is 14.3. The topological polar surface area (TPSA) is 73.7 Å². The van der Waals surface area contributed by atoms with E-state index in [1.165, 1.54) is 19.1 Å². The Hall–Kier alpha value is -2.72. The van der Waals surface area contributed by atoms with Crippen LogP contribution in [0.25, 0.3) is 0 Å². The number of carbonyl (C=O) groups is 2. The molecule has 30 heavy (non-hydrogen) atoms. The standard InChI is InChI=1S/C19H16ClF4N3O3/c1-10-17(29)26(8-11-2-4-12(5-3-11)19(22,23)24)15(9-28)18(30)27(10)16-14(21)6-13(20)7-25-16/h2-7,10,15,28H,8-9H2,1H3/t10-,15?/m1/s1. The van der Waals surface area contributed by atoms with Gasteiger partial charge in [0.1, 0.15) is 12.1 Å². The fourth-order valence-corrected chi connectivity index (χ4v) is 3.37. The molecule has 1 fully saturated rings. The molecule has 0 aliphatic carbocycles. The van der Waals surface area contributed by atoms with Crippen molar-refractivity contribution in [3.05, 3.63) is 58.5 Å². The Morgan fingerprint density at radius 3 is 2.33 bits per heavy atom. The van der Waals surface area contributed by atoms with Crippen molar-refractivity contribution in [2.24, 2.45) is 0 Å². The number of aliphatic hydroxyl groups excluding tert-OH is 1. The molecule has 1 aliphatic heterocycles. The fraction of sp³-hybridized carbons (Fsp3) is 0.316. The third-order valence-corrected chi connectivity index (χ3v) is 4.96. The minimum Gasteiger partial charge on any atom is -0.394 e. The first-order valence-electron chi connectivity index (χ1n) is 8.76. The molecule has 11 heteroatoms. The molecule has 0 saturated carbocycles.